The molecule has 0 radical (unpaired) electrons. The number of nitrogens with zero attached hydrogens (tertiary/aromatic N) is 1. The Bertz CT molecular complexity index is 623. The Morgan fingerprint density at radius 2 is 2.05 bits per heavy atom. The molecule has 0 aliphatic carbocycles. The molecule has 1 aromatic carbocycles. The van der Waals surface area contributed by atoms with Crippen molar-refractivity contribution in [3.8, 4) is 0 Å². The molecular weight excluding hydrogens is 284 g/mol. The van der Waals surface area contributed by atoms with Crippen LogP contribution < -0.4 is 9.62 Å². The van der Waals surface area contributed by atoms with Gasteiger partial charge < -0.3 is 4.90 Å². The fraction of sp³-hybridized carbons (Fsp3) is 0.625. The summed E-state index contributed by atoms with van der Waals surface area (Å²) in [4.78, 5) is 2.41. The summed E-state index contributed by atoms with van der Waals surface area (Å²) in [6.07, 6.45) is 3.36. The van der Waals surface area contributed by atoms with Crippen LogP contribution in [0, 0.1) is 0 Å². The summed E-state index contributed by atoms with van der Waals surface area (Å²) in [5.74, 6) is 0.482. The smallest absolute Gasteiger partial charge is 0.229 e. The Labute approximate surface area is 128 Å². The Hall–Kier alpha value is -1.23. The molecule has 4 nitrogen and oxygen atoms in total. The molecular formula is C16H26N2O2S. The number of fused-ring (bicyclic) bond motifs is 1. The summed E-state index contributed by atoms with van der Waals surface area (Å²) in [7, 11) is -3.24. The maximum atomic E-state index is 11.4. The molecule has 0 saturated carbocycles. The van der Waals surface area contributed by atoms with E-state index in [2.05, 4.69) is 43.4 Å². The number of nitrogens with one attached hydrogen (secondary N) is 1. The van der Waals surface area contributed by atoms with Crippen molar-refractivity contribution in [3.63, 3.8) is 0 Å². The van der Waals surface area contributed by atoms with Gasteiger partial charge in [-0.3, -0.25) is 4.72 Å². The lowest BCUT2D eigenvalue weighted by atomic mass is 9.80. The zero-order valence-corrected chi connectivity index (χ0v) is 14.4. The first kappa shape index (κ1) is 16.1. The second-order valence-corrected chi connectivity index (χ2v) is 8.47. The highest BCUT2D eigenvalue weighted by Crippen LogP contribution is 2.44. The van der Waals surface area contributed by atoms with Gasteiger partial charge in [-0.2, -0.15) is 0 Å². The molecule has 118 valence electrons. The van der Waals surface area contributed by atoms with Crippen molar-refractivity contribution in [3.05, 3.63) is 23.8 Å². The van der Waals surface area contributed by atoms with Crippen LogP contribution in [0.15, 0.2) is 18.2 Å². The van der Waals surface area contributed by atoms with Crippen molar-refractivity contribution >= 4 is 21.4 Å². The average molecular weight is 310 g/mol. The molecule has 5 heteroatoms. The van der Waals surface area contributed by atoms with Gasteiger partial charge in [-0.25, -0.2) is 8.42 Å². The van der Waals surface area contributed by atoms with E-state index >= 15 is 0 Å². The van der Waals surface area contributed by atoms with Crippen molar-refractivity contribution in [2.75, 3.05) is 22.4 Å². The summed E-state index contributed by atoms with van der Waals surface area (Å²) in [6, 6.07) is 5.90. The molecule has 1 unspecified atom stereocenters. The predicted octanol–water partition coefficient (Wildman–Crippen LogP) is 3.56. The highest BCUT2D eigenvalue weighted by atomic mass is 32.2. The molecule has 1 aliphatic rings. The lowest BCUT2D eigenvalue weighted by Gasteiger charge is -2.47. The number of benzene rings is 1. The predicted molar refractivity (Wildman–Crippen MR) is 89.7 cm³/mol. The summed E-state index contributed by atoms with van der Waals surface area (Å²) >= 11 is 0. The minimum absolute atomic E-state index is 0.0894. The van der Waals surface area contributed by atoms with E-state index in [-0.39, 0.29) is 5.54 Å². The third-order valence-corrected chi connectivity index (χ3v) is 4.75. The van der Waals surface area contributed by atoms with E-state index in [0.29, 0.717) is 11.6 Å². The first-order chi connectivity index (χ1) is 9.64. The second-order valence-electron chi connectivity index (χ2n) is 6.72. The fourth-order valence-corrected chi connectivity index (χ4v) is 3.97. The van der Waals surface area contributed by atoms with Crippen molar-refractivity contribution < 1.29 is 8.42 Å². The van der Waals surface area contributed by atoms with Crippen LogP contribution in [0.1, 0.15) is 52.0 Å². The van der Waals surface area contributed by atoms with E-state index in [1.807, 2.05) is 12.1 Å². The molecule has 0 bridgehead atoms. The summed E-state index contributed by atoms with van der Waals surface area (Å²) in [5.41, 5.74) is 3.20. The highest BCUT2D eigenvalue weighted by Gasteiger charge is 2.35. The minimum Gasteiger partial charge on any atom is -0.366 e. The van der Waals surface area contributed by atoms with Crippen molar-refractivity contribution in [2.45, 2.75) is 52.0 Å². The average Bonchev–Trinajstić information content (AvgIpc) is 2.31. The van der Waals surface area contributed by atoms with Gasteiger partial charge in [0.25, 0.3) is 0 Å². The SMILES string of the molecule is CCCN1c2cc(NS(C)(=O)=O)ccc2C(C)CC1(C)C. The Kier molecular flexibility index (Phi) is 4.24. The zero-order chi connectivity index (χ0) is 15.8. The van der Waals surface area contributed by atoms with Gasteiger partial charge in [-0.05, 0) is 50.3 Å². The van der Waals surface area contributed by atoms with Crippen LogP contribution in [0.25, 0.3) is 0 Å². The van der Waals surface area contributed by atoms with Crippen LogP contribution in [-0.4, -0.2) is 26.8 Å². The first-order valence-electron chi connectivity index (χ1n) is 7.53. The summed E-state index contributed by atoms with van der Waals surface area (Å²) in [5, 5.41) is 0. The van der Waals surface area contributed by atoms with Gasteiger partial charge in [0, 0.05) is 17.8 Å². The van der Waals surface area contributed by atoms with Crippen LogP contribution in [0.4, 0.5) is 11.4 Å². The molecule has 1 N–H and O–H groups in total. The van der Waals surface area contributed by atoms with Crippen LogP contribution in [-0.2, 0) is 10.0 Å². The van der Waals surface area contributed by atoms with Crippen molar-refractivity contribution in [1.82, 2.24) is 0 Å². The van der Waals surface area contributed by atoms with Gasteiger partial charge >= 0.3 is 0 Å². The minimum atomic E-state index is -3.24. The number of hydrogen-bond donors (Lipinski definition) is 1. The van der Waals surface area contributed by atoms with Crippen LogP contribution in [0.2, 0.25) is 0 Å². The normalized spacial score (nSPS) is 21.0. The topological polar surface area (TPSA) is 49.4 Å². The van der Waals surface area contributed by atoms with Gasteiger partial charge in [0.1, 0.15) is 0 Å². The van der Waals surface area contributed by atoms with Gasteiger partial charge in [-0.1, -0.05) is 19.9 Å². The molecule has 0 spiro atoms. The van der Waals surface area contributed by atoms with E-state index < -0.39 is 10.0 Å². The third-order valence-electron chi connectivity index (χ3n) is 4.14. The zero-order valence-electron chi connectivity index (χ0n) is 13.6. The molecule has 0 aromatic heterocycles. The molecule has 1 aliphatic heterocycles. The molecule has 2 rings (SSSR count). The van der Waals surface area contributed by atoms with Crippen LogP contribution >= 0.6 is 0 Å². The number of rotatable bonds is 4. The number of sulfonamides is 1. The lowest BCUT2D eigenvalue weighted by molar-refractivity contribution is 0.376. The second kappa shape index (κ2) is 5.52. The van der Waals surface area contributed by atoms with Gasteiger partial charge in [0.15, 0.2) is 0 Å². The summed E-state index contributed by atoms with van der Waals surface area (Å²) in [6.45, 7) is 9.92. The fourth-order valence-electron chi connectivity index (χ4n) is 3.41. The van der Waals surface area contributed by atoms with Crippen LogP contribution in [0.5, 0.6) is 0 Å². The van der Waals surface area contributed by atoms with Gasteiger partial charge in [-0.15, -0.1) is 0 Å². The monoisotopic (exact) mass is 310 g/mol. The van der Waals surface area contributed by atoms with E-state index in [0.717, 1.165) is 25.1 Å². The van der Waals surface area contributed by atoms with E-state index in [1.165, 1.54) is 11.8 Å². The molecule has 21 heavy (non-hydrogen) atoms. The molecule has 1 aromatic rings. The maximum Gasteiger partial charge on any atom is 0.229 e. The number of anilines is 2. The van der Waals surface area contributed by atoms with E-state index in [4.69, 9.17) is 0 Å². The quantitative estimate of drug-likeness (QED) is 0.925. The molecule has 0 saturated heterocycles. The van der Waals surface area contributed by atoms with Crippen LogP contribution in [0.3, 0.4) is 0 Å². The van der Waals surface area contributed by atoms with Gasteiger partial charge in [0.05, 0.1) is 11.9 Å². The molecule has 1 heterocycles. The standard InChI is InChI=1S/C16H26N2O2S/c1-6-9-18-15-10-13(17-21(5,19)20)7-8-14(15)12(2)11-16(18,3)4/h7-8,10,12,17H,6,9,11H2,1-5H3. The number of hydrogen-bond acceptors (Lipinski definition) is 3. The third kappa shape index (κ3) is 3.51. The van der Waals surface area contributed by atoms with Crippen molar-refractivity contribution in [1.29, 1.82) is 0 Å². The Morgan fingerprint density at radius 3 is 2.62 bits per heavy atom. The first-order valence-corrected chi connectivity index (χ1v) is 9.42. The Balaban J connectivity index is 2.49. The molecule has 0 fully saturated rings. The van der Waals surface area contributed by atoms with E-state index in [1.54, 1.807) is 0 Å². The molecule has 0 amide bonds. The maximum absolute atomic E-state index is 11.4. The molecule has 1 atom stereocenters. The highest BCUT2D eigenvalue weighted by molar-refractivity contribution is 7.92. The summed E-state index contributed by atoms with van der Waals surface area (Å²) < 4.78 is 25.5. The largest absolute Gasteiger partial charge is 0.366 e. The Morgan fingerprint density at radius 1 is 1.38 bits per heavy atom. The van der Waals surface area contributed by atoms with E-state index in [9.17, 15) is 8.42 Å². The van der Waals surface area contributed by atoms with Crippen molar-refractivity contribution in [2.24, 2.45) is 0 Å². The lowest BCUT2D eigenvalue weighted by Crippen LogP contribution is -2.48. The van der Waals surface area contributed by atoms with Gasteiger partial charge in [0.2, 0.25) is 10.0 Å².